The van der Waals surface area contributed by atoms with Gasteiger partial charge in [0.05, 0.1) is 0 Å². The van der Waals surface area contributed by atoms with E-state index in [1.165, 1.54) is 11.3 Å². The molecular weight excluding hydrogens is 282 g/mol. The fourth-order valence-corrected chi connectivity index (χ4v) is 3.26. The third kappa shape index (κ3) is 1.92. The maximum Gasteiger partial charge on any atom is 0.269 e. The first-order chi connectivity index (χ1) is 9.49. The van der Waals surface area contributed by atoms with Crippen LogP contribution in [0.3, 0.4) is 0 Å². The van der Waals surface area contributed by atoms with E-state index in [9.17, 15) is 8.42 Å². The molecule has 1 N–H and O–H groups in total. The molecule has 8 nitrogen and oxygen atoms in total. The predicted octanol–water partition coefficient (Wildman–Crippen LogP) is 1.13. The second-order valence-corrected chi connectivity index (χ2v) is 5.83. The number of aromatic nitrogens is 4. The zero-order valence-electron chi connectivity index (χ0n) is 10.7. The molecule has 0 atom stereocenters. The maximum absolute atomic E-state index is 12.4. The number of pyridine rings is 1. The Kier molecular flexibility index (Phi) is 2.71. The first-order valence-corrected chi connectivity index (χ1v) is 7.23. The summed E-state index contributed by atoms with van der Waals surface area (Å²) in [6.07, 6.45) is 1.67. The van der Waals surface area contributed by atoms with Crippen LogP contribution in [0.2, 0.25) is 0 Å². The largest absolute Gasteiger partial charge is 0.360 e. The summed E-state index contributed by atoms with van der Waals surface area (Å²) < 4.78 is 33.5. The Morgan fingerprint density at radius 1 is 1.25 bits per heavy atom. The van der Waals surface area contributed by atoms with Crippen molar-refractivity contribution in [2.75, 3.05) is 4.72 Å². The predicted molar refractivity (Wildman–Crippen MR) is 69.8 cm³/mol. The van der Waals surface area contributed by atoms with E-state index >= 15 is 0 Å². The molecule has 3 aromatic heterocycles. The zero-order valence-corrected chi connectivity index (χ0v) is 11.5. The van der Waals surface area contributed by atoms with Gasteiger partial charge in [-0.05, 0) is 26.0 Å². The molecule has 0 saturated heterocycles. The van der Waals surface area contributed by atoms with Crippen LogP contribution in [0.15, 0.2) is 33.8 Å². The first kappa shape index (κ1) is 12.6. The molecule has 0 fully saturated rings. The van der Waals surface area contributed by atoms with Gasteiger partial charge in [0.15, 0.2) is 16.3 Å². The van der Waals surface area contributed by atoms with Crippen LogP contribution in [0.5, 0.6) is 0 Å². The highest BCUT2D eigenvalue weighted by Gasteiger charge is 2.25. The Hall–Kier alpha value is -2.42. The summed E-state index contributed by atoms with van der Waals surface area (Å²) in [5.74, 6) is 0.337. The number of aryl methyl sites for hydroxylation is 2. The quantitative estimate of drug-likeness (QED) is 0.776. The van der Waals surface area contributed by atoms with Crippen LogP contribution in [0.25, 0.3) is 5.65 Å². The summed E-state index contributed by atoms with van der Waals surface area (Å²) in [6, 6.07) is 5.27. The van der Waals surface area contributed by atoms with E-state index in [1.807, 2.05) is 0 Å². The lowest BCUT2D eigenvalue weighted by Crippen LogP contribution is -2.16. The second kappa shape index (κ2) is 4.30. The molecular formula is C11H11N5O3S. The van der Waals surface area contributed by atoms with Gasteiger partial charge in [-0.2, -0.15) is 0 Å². The highest BCUT2D eigenvalue weighted by Crippen LogP contribution is 2.21. The van der Waals surface area contributed by atoms with Gasteiger partial charge in [0.2, 0.25) is 5.95 Å². The topological polar surface area (TPSA) is 102 Å². The van der Waals surface area contributed by atoms with E-state index in [0.717, 1.165) is 0 Å². The molecule has 0 unspecified atom stereocenters. The van der Waals surface area contributed by atoms with Gasteiger partial charge >= 0.3 is 0 Å². The summed E-state index contributed by atoms with van der Waals surface area (Å²) in [5, 5.41) is 11.3. The Labute approximate surface area is 114 Å². The molecule has 0 saturated carbocycles. The number of hydrogen-bond acceptors (Lipinski definition) is 6. The standard InChI is InChI=1S/C11H11N5O3S/c1-7-10(8(2)19-14-7)20(17,18)15-11-13-12-9-5-3-4-6-16(9)11/h3-6H,1-2H3,(H,13,15). The molecule has 0 aromatic carbocycles. The summed E-state index contributed by atoms with van der Waals surface area (Å²) in [6.45, 7) is 3.10. The van der Waals surface area contributed by atoms with Crippen molar-refractivity contribution in [3.8, 4) is 0 Å². The molecule has 3 heterocycles. The van der Waals surface area contributed by atoms with Gasteiger partial charge in [0.25, 0.3) is 10.0 Å². The molecule has 3 aromatic rings. The maximum atomic E-state index is 12.4. The van der Waals surface area contributed by atoms with Gasteiger partial charge in [0.1, 0.15) is 5.69 Å². The molecule has 0 spiro atoms. The molecule has 9 heteroatoms. The molecule has 0 amide bonds. The van der Waals surface area contributed by atoms with Crippen LogP contribution in [-0.4, -0.2) is 28.2 Å². The Morgan fingerprint density at radius 3 is 2.75 bits per heavy atom. The Morgan fingerprint density at radius 2 is 2.05 bits per heavy atom. The van der Waals surface area contributed by atoms with E-state index < -0.39 is 10.0 Å². The molecule has 3 rings (SSSR count). The molecule has 0 aliphatic rings. The van der Waals surface area contributed by atoms with Crippen LogP contribution in [-0.2, 0) is 10.0 Å². The van der Waals surface area contributed by atoms with Crippen molar-refractivity contribution < 1.29 is 12.9 Å². The number of nitrogens with zero attached hydrogens (tertiary/aromatic N) is 4. The summed E-state index contributed by atoms with van der Waals surface area (Å²) in [4.78, 5) is 0.0187. The molecule has 104 valence electrons. The number of fused-ring (bicyclic) bond motifs is 1. The van der Waals surface area contributed by atoms with Crippen LogP contribution >= 0.6 is 0 Å². The van der Waals surface area contributed by atoms with E-state index in [0.29, 0.717) is 11.3 Å². The number of anilines is 1. The van der Waals surface area contributed by atoms with E-state index in [2.05, 4.69) is 20.1 Å². The van der Waals surface area contributed by atoms with Gasteiger partial charge in [-0.3, -0.25) is 4.40 Å². The smallest absolute Gasteiger partial charge is 0.269 e. The molecule has 0 aliphatic heterocycles. The normalized spacial score (nSPS) is 11.9. The van der Waals surface area contributed by atoms with Gasteiger partial charge in [-0.15, -0.1) is 10.2 Å². The van der Waals surface area contributed by atoms with Crippen molar-refractivity contribution in [1.82, 2.24) is 19.8 Å². The zero-order chi connectivity index (χ0) is 14.3. The fraction of sp³-hybridized carbons (Fsp3) is 0.182. The van der Waals surface area contributed by atoms with Crippen LogP contribution in [0.1, 0.15) is 11.5 Å². The van der Waals surface area contributed by atoms with Crippen molar-refractivity contribution in [2.24, 2.45) is 0 Å². The lowest BCUT2D eigenvalue weighted by molar-refractivity contribution is 0.390. The monoisotopic (exact) mass is 293 g/mol. The van der Waals surface area contributed by atoms with Crippen molar-refractivity contribution in [3.05, 3.63) is 35.9 Å². The minimum Gasteiger partial charge on any atom is -0.360 e. The second-order valence-electron chi connectivity index (χ2n) is 4.21. The van der Waals surface area contributed by atoms with E-state index in [4.69, 9.17) is 4.52 Å². The summed E-state index contributed by atoms with van der Waals surface area (Å²) in [7, 11) is -3.82. The van der Waals surface area contributed by atoms with Crippen LogP contribution in [0.4, 0.5) is 5.95 Å². The molecule has 20 heavy (non-hydrogen) atoms. The minimum atomic E-state index is -3.82. The summed E-state index contributed by atoms with van der Waals surface area (Å²) >= 11 is 0. The van der Waals surface area contributed by atoms with Gasteiger partial charge in [0, 0.05) is 6.20 Å². The third-order valence-electron chi connectivity index (χ3n) is 2.78. The van der Waals surface area contributed by atoms with Crippen molar-refractivity contribution >= 4 is 21.6 Å². The number of rotatable bonds is 3. The average Bonchev–Trinajstić information content (AvgIpc) is 2.94. The average molecular weight is 293 g/mol. The Bertz CT molecular complexity index is 861. The highest BCUT2D eigenvalue weighted by atomic mass is 32.2. The number of nitrogens with one attached hydrogen (secondary N) is 1. The lowest BCUT2D eigenvalue weighted by Gasteiger charge is -2.05. The molecule has 0 bridgehead atoms. The van der Waals surface area contributed by atoms with Crippen LogP contribution in [0, 0.1) is 13.8 Å². The summed E-state index contributed by atoms with van der Waals surface area (Å²) in [5.41, 5.74) is 0.841. The Balaban J connectivity index is 2.06. The molecule has 0 aliphatic carbocycles. The van der Waals surface area contributed by atoms with Gasteiger partial charge < -0.3 is 4.52 Å². The highest BCUT2D eigenvalue weighted by molar-refractivity contribution is 7.92. The fourth-order valence-electron chi connectivity index (χ4n) is 1.94. The van der Waals surface area contributed by atoms with Gasteiger partial charge in [-0.25, -0.2) is 13.1 Å². The minimum absolute atomic E-state index is 0.0187. The number of hydrogen-bond donors (Lipinski definition) is 1. The molecule has 0 radical (unpaired) electrons. The first-order valence-electron chi connectivity index (χ1n) is 5.74. The SMILES string of the molecule is Cc1noc(C)c1S(=O)(=O)Nc1nnc2ccccn12. The van der Waals surface area contributed by atoms with E-state index in [-0.39, 0.29) is 16.6 Å². The third-order valence-corrected chi connectivity index (χ3v) is 4.35. The number of sulfonamides is 1. The van der Waals surface area contributed by atoms with Gasteiger partial charge in [-0.1, -0.05) is 11.2 Å². The van der Waals surface area contributed by atoms with E-state index in [1.54, 1.807) is 31.3 Å². The lowest BCUT2D eigenvalue weighted by atomic mass is 10.4. The van der Waals surface area contributed by atoms with Crippen molar-refractivity contribution in [2.45, 2.75) is 18.7 Å². The van der Waals surface area contributed by atoms with Crippen LogP contribution < -0.4 is 4.72 Å². The van der Waals surface area contributed by atoms with Crippen molar-refractivity contribution in [1.29, 1.82) is 0 Å². The van der Waals surface area contributed by atoms with Crippen molar-refractivity contribution in [3.63, 3.8) is 0 Å².